The Kier molecular flexibility index (Phi) is 5.17. The van der Waals surface area contributed by atoms with Crippen molar-refractivity contribution in [3.63, 3.8) is 0 Å². The molecular weight excluding hydrogens is 390 g/mol. The van der Waals surface area contributed by atoms with Gasteiger partial charge in [-0.3, -0.25) is 4.79 Å². The third kappa shape index (κ3) is 4.14. The first-order valence-corrected chi connectivity index (χ1v) is 8.98. The van der Waals surface area contributed by atoms with Crippen molar-refractivity contribution in [3.05, 3.63) is 89.8 Å². The van der Waals surface area contributed by atoms with Crippen molar-refractivity contribution >= 4 is 23.1 Å². The van der Waals surface area contributed by atoms with Gasteiger partial charge < -0.3 is 10.6 Å². The Bertz CT molecular complexity index is 1170. The Hall–Kier alpha value is -4.14. The van der Waals surface area contributed by atoms with Gasteiger partial charge in [0.05, 0.1) is 5.69 Å². The van der Waals surface area contributed by atoms with Gasteiger partial charge in [-0.2, -0.15) is 5.10 Å². The number of anilines is 3. The molecule has 150 valence electrons. The molecule has 0 aliphatic carbocycles. The molecule has 0 aliphatic rings. The van der Waals surface area contributed by atoms with E-state index >= 15 is 0 Å². The lowest BCUT2D eigenvalue weighted by Gasteiger charge is -2.09. The van der Waals surface area contributed by atoms with E-state index in [0.717, 1.165) is 17.8 Å². The van der Waals surface area contributed by atoms with E-state index in [1.807, 2.05) is 13.0 Å². The zero-order valence-corrected chi connectivity index (χ0v) is 15.8. The first-order chi connectivity index (χ1) is 14.5. The van der Waals surface area contributed by atoms with E-state index in [1.54, 1.807) is 47.3 Å². The first-order valence-electron chi connectivity index (χ1n) is 8.98. The van der Waals surface area contributed by atoms with Crippen molar-refractivity contribution in [2.45, 2.75) is 6.92 Å². The summed E-state index contributed by atoms with van der Waals surface area (Å²) in [6, 6.07) is 15.3. The van der Waals surface area contributed by atoms with Crippen LogP contribution < -0.4 is 10.6 Å². The predicted molar refractivity (Wildman–Crippen MR) is 108 cm³/mol. The number of hydrogen-bond acceptors (Lipinski definition) is 5. The Morgan fingerprint density at radius 3 is 2.20 bits per heavy atom. The fourth-order valence-corrected chi connectivity index (χ4v) is 2.75. The molecule has 2 aromatic carbocycles. The van der Waals surface area contributed by atoms with Gasteiger partial charge in [-0.1, -0.05) is 6.07 Å². The van der Waals surface area contributed by atoms with E-state index in [4.69, 9.17) is 0 Å². The maximum atomic E-state index is 13.7. The molecule has 4 aromatic rings. The van der Waals surface area contributed by atoms with Crippen LogP contribution >= 0.6 is 0 Å². The molecular formula is C21H16F2N6O. The molecule has 0 radical (unpaired) electrons. The number of rotatable bonds is 5. The summed E-state index contributed by atoms with van der Waals surface area (Å²) >= 11 is 0. The molecule has 4 rings (SSSR count). The average molecular weight is 406 g/mol. The highest BCUT2D eigenvalue weighted by molar-refractivity contribution is 6.04. The SMILES string of the molecule is Cc1ccn(-c2ccc(Nc3ccc(NC(=O)c4c(F)cccc4F)cc3)nn2)n1. The summed E-state index contributed by atoms with van der Waals surface area (Å²) in [5.74, 6) is -1.59. The van der Waals surface area contributed by atoms with Crippen molar-refractivity contribution in [2.24, 2.45) is 0 Å². The summed E-state index contributed by atoms with van der Waals surface area (Å²) in [6.07, 6.45) is 1.80. The number of halogens is 2. The van der Waals surface area contributed by atoms with Crippen LogP contribution in [-0.4, -0.2) is 25.9 Å². The minimum atomic E-state index is -0.918. The van der Waals surface area contributed by atoms with Crippen LogP contribution in [0.4, 0.5) is 26.0 Å². The number of carbonyl (C=O) groups excluding carboxylic acids is 1. The van der Waals surface area contributed by atoms with Crippen LogP contribution in [0.15, 0.2) is 66.9 Å². The smallest absolute Gasteiger partial charge is 0.261 e. The van der Waals surface area contributed by atoms with Crippen LogP contribution in [-0.2, 0) is 0 Å². The van der Waals surface area contributed by atoms with Gasteiger partial charge in [0, 0.05) is 17.6 Å². The van der Waals surface area contributed by atoms with Crippen molar-refractivity contribution in [3.8, 4) is 5.82 Å². The number of aromatic nitrogens is 4. The average Bonchev–Trinajstić information content (AvgIpc) is 3.16. The highest BCUT2D eigenvalue weighted by Gasteiger charge is 2.17. The highest BCUT2D eigenvalue weighted by Crippen LogP contribution is 2.19. The zero-order chi connectivity index (χ0) is 21.1. The lowest BCUT2D eigenvalue weighted by molar-refractivity contribution is 0.101. The van der Waals surface area contributed by atoms with Crippen molar-refractivity contribution in [1.82, 2.24) is 20.0 Å². The maximum absolute atomic E-state index is 13.7. The Morgan fingerprint density at radius 2 is 1.60 bits per heavy atom. The first kappa shape index (κ1) is 19.2. The molecule has 2 N–H and O–H groups in total. The van der Waals surface area contributed by atoms with E-state index in [2.05, 4.69) is 25.9 Å². The lowest BCUT2D eigenvalue weighted by atomic mass is 10.1. The minimum Gasteiger partial charge on any atom is -0.339 e. The molecule has 0 unspecified atom stereocenters. The van der Waals surface area contributed by atoms with E-state index < -0.39 is 23.1 Å². The molecule has 1 amide bonds. The predicted octanol–water partition coefficient (Wildman–Crippen LogP) is 4.24. The molecule has 30 heavy (non-hydrogen) atoms. The zero-order valence-electron chi connectivity index (χ0n) is 15.8. The quantitative estimate of drug-likeness (QED) is 0.518. The van der Waals surface area contributed by atoms with E-state index in [0.29, 0.717) is 23.0 Å². The van der Waals surface area contributed by atoms with Gasteiger partial charge in [0.2, 0.25) is 0 Å². The van der Waals surface area contributed by atoms with Gasteiger partial charge in [-0.25, -0.2) is 13.5 Å². The number of aryl methyl sites for hydroxylation is 1. The highest BCUT2D eigenvalue weighted by atomic mass is 19.1. The van der Waals surface area contributed by atoms with Crippen LogP contribution in [0.25, 0.3) is 5.82 Å². The molecule has 0 bridgehead atoms. The molecule has 2 aromatic heterocycles. The standard InChI is InChI=1S/C21H16F2N6O/c1-13-11-12-29(28-13)19-10-9-18(26-27-19)24-14-5-7-15(8-6-14)25-21(30)20-16(22)3-2-4-17(20)23/h2-12H,1H3,(H,24,26)(H,25,30). The third-order valence-corrected chi connectivity index (χ3v) is 4.21. The molecule has 0 spiro atoms. The topological polar surface area (TPSA) is 84.7 Å². The Labute approximate surface area is 170 Å². The van der Waals surface area contributed by atoms with E-state index in [9.17, 15) is 13.6 Å². The summed E-state index contributed by atoms with van der Waals surface area (Å²) < 4.78 is 29.1. The third-order valence-electron chi connectivity index (χ3n) is 4.21. The molecule has 0 atom stereocenters. The van der Waals surface area contributed by atoms with Crippen LogP contribution in [0.1, 0.15) is 16.1 Å². The normalized spacial score (nSPS) is 10.6. The van der Waals surface area contributed by atoms with Gasteiger partial charge in [0.1, 0.15) is 17.2 Å². The summed E-state index contributed by atoms with van der Waals surface area (Å²) in [7, 11) is 0. The lowest BCUT2D eigenvalue weighted by Crippen LogP contribution is -2.15. The fraction of sp³-hybridized carbons (Fsp3) is 0.0476. The van der Waals surface area contributed by atoms with Gasteiger partial charge in [-0.05, 0) is 61.5 Å². The van der Waals surface area contributed by atoms with Gasteiger partial charge in [-0.15, -0.1) is 10.2 Å². The second-order valence-corrected chi connectivity index (χ2v) is 6.43. The van der Waals surface area contributed by atoms with Gasteiger partial charge in [0.15, 0.2) is 11.6 Å². The minimum absolute atomic E-state index is 0.392. The maximum Gasteiger partial charge on any atom is 0.261 e. The second-order valence-electron chi connectivity index (χ2n) is 6.43. The summed E-state index contributed by atoms with van der Waals surface area (Å²) in [6.45, 7) is 1.89. The number of hydrogen-bond donors (Lipinski definition) is 2. The molecule has 2 heterocycles. The Balaban J connectivity index is 1.42. The van der Waals surface area contributed by atoms with Crippen LogP contribution in [0.5, 0.6) is 0 Å². The monoisotopic (exact) mass is 406 g/mol. The molecule has 0 saturated carbocycles. The number of amides is 1. The van der Waals surface area contributed by atoms with Crippen LogP contribution in [0.2, 0.25) is 0 Å². The molecule has 0 fully saturated rings. The molecule has 0 aliphatic heterocycles. The Morgan fingerprint density at radius 1 is 0.900 bits per heavy atom. The number of nitrogens with zero attached hydrogens (tertiary/aromatic N) is 4. The largest absolute Gasteiger partial charge is 0.339 e. The van der Waals surface area contributed by atoms with Crippen LogP contribution in [0.3, 0.4) is 0 Å². The summed E-state index contributed by atoms with van der Waals surface area (Å²) in [4.78, 5) is 12.1. The van der Waals surface area contributed by atoms with E-state index in [1.165, 1.54) is 6.07 Å². The summed E-state index contributed by atoms with van der Waals surface area (Å²) in [5.41, 5.74) is 1.34. The van der Waals surface area contributed by atoms with Crippen molar-refractivity contribution in [2.75, 3.05) is 10.6 Å². The van der Waals surface area contributed by atoms with Crippen LogP contribution in [0, 0.1) is 18.6 Å². The van der Waals surface area contributed by atoms with Gasteiger partial charge in [0.25, 0.3) is 5.91 Å². The fourth-order valence-electron chi connectivity index (χ4n) is 2.75. The van der Waals surface area contributed by atoms with Gasteiger partial charge >= 0.3 is 0 Å². The molecule has 0 saturated heterocycles. The number of carbonyl (C=O) groups is 1. The van der Waals surface area contributed by atoms with Crippen molar-refractivity contribution in [1.29, 1.82) is 0 Å². The second kappa shape index (κ2) is 8.08. The summed E-state index contributed by atoms with van der Waals surface area (Å²) in [5, 5.41) is 18.1. The van der Waals surface area contributed by atoms with Crippen molar-refractivity contribution < 1.29 is 13.6 Å². The number of nitrogens with one attached hydrogen (secondary N) is 2. The molecule has 9 heteroatoms. The van der Waals surface area contributed by atoms with E-state index in [-0.39, 0.29) is 0 Å². The number of benzene rings is 2. The molecule has 7 nitrogen and oxygen atoms in total.